The van der Waals surface area contributed by atoms with Crippen molar-refractivity contribution in [2.24, 2.45) is 0 Å². The Labute approximate surface area is 113 Å². The number of pyridine rings is 1. The van der Waals surface area contributed by atoms with Crippen LogP contribution in [-0.4, -0.2) is 37.4 Å². The van der Waals surface area contributed by atoms with Crippen LogP contribution < -0.4 is 5.32 Å². The van der Waals surface area contributed by atoms with Gasteiger partial charge >= 0.3 is 12.1 Å². The van der Waals surface area contributed by atoms with E-state index in [0.717, 1.165) is 6.20 Å². The summed E-state index contributed by atoms with van der Waals surface area (Å²) >= 11 is 0. The van der Waals surface area contributed by atoms with Crippen molar-refractivity contribution in [2.45, 2.75) is 18.2 Å². The zero-order valence-corrected chi connectivity index (χ0v) is 10.7. The summed E-state index contributed by atoms with van der Waals surface area (Å²) in [5.41, 5.74) is -2.07. The Morgan fingerprint density at radius 2 is 2.25 bits per heavy atom. The first-order valence-corrected chi connectivity index (χ1v) is 5.86. The number of nitrogens with one attached hydrogen (secondary N) is 1. The van der Waals surface area contributed by atoms with Gasteiger partial charge in [-0.15, -0.1) is 0 Å². The van der Waals surface area contributed by atoms with Crippen LogP contribution >= 0.6 is 0 Å². The highest BCUT2D eigenvalue weighted by Crippen LogP contribution is 2.50. The van der Waals surface area contributed by atoms with Crippen LogP contribution in [0.2, 0.25) is 0 Å². The number of methoxy groups -OCH3 is 1. The largest absolute Gasteiger partial charge is 0.468 e. The molecule has 8 heteroatoms. The summed E-state index contributed by atoms with van der Waals surface area (Å²) in [4.78, 5) is 14.7. The Bertz CT molecular complexity index is 501. The molecule has 1 unspecified atom stereocenters. The highest BCUT2D eigenvalue weighted by molar-refractivity contribution is 5.74. The van der Waals surface area contributed by atoms with Crippen molar-refractivity contribution in [2.75, 3.05) is 25.6 Å². The van der Waals surface area contributed by atoms with Crippen LogP contribution in [0.4, 0.5) is 18.9 Å². The van der Waals surface area contributed by atoms with Crippen molar-refractivity contribution < 1.29 is 27.4 Å². The Hall–Kier alpha value is -1.83. The van der Waals surface area contributed by atoms with Crippen molar-refractivity contribution in [1.29, 1.82) is 0 Å². The molecule has 0 aromatic carbocycles. The number of carbonyl (C=O) groups excluding carboxylic acids is 1. The predicted octanol–water partition coefficient (Wildman–Crippen LogP) is 1.84. The lowest BCUT2D eigenvalue weighted by atomic mass is 9.86. The molecule has 2 rings (SSSR count). The van der Waals surface area contributed by atoms with E-state index in [9.17, 15) is 18.0 Å². The first-order valence-electron chi connectivity index (χ1n) is 5.86. The number of hydrogen-bond donors (Lipinski definition) is 1. The van der Waals surface area contributed by atoms with Gasteiger partial charge in [0, 0.05) is 24.4 Å². The molecule has 2 heterocycles. The number of esters is 1. The number of alkyl halides is 3. The van der Waals surface area contributed by atoms with Crippen molar-refractivity contribution in [3.8, 4) is 0 Å². The number of anilines is 1. The van der Waals surface area contributed by atoms with Gasteiger partial charge in [-0.2, -0.15) is 13.2 Å². The van der Waals surface area contributed by atoms with E-state index in [0.29, 0.717) is 5.69 Å². The van der Waals surface area contributed by atoms with Gasteiger partial charge in [-0.25, -0.2) is 0 Å². The van der Waals surface area contributed by atoms with Gasteiger partial charge in [0.05, 0.1) is 19.4 Å². The van der Waals surface area contributed by atoms with E-state index in [-0.39, 0.29) is 25.1 Å². The fraction of sp³-hybridized carbons (Fsp3) is 0.500. The second-order valence-corrected chi connectivity index (χ2v) is 4.32. The second kappa shape index (κ2) is 5.28. The van der Waals surface area contributed by atoms with Crippen molar-refractivity contribution >= 4 is 11.7 Å². The molecule has 110 valence electrons. The molecule has 1 saturated heterocycles. The molecule has 0 aliphatic carbocycles. The fourth-order valence-corrected chi connectivity index (χ4v) is 1.92. The zero-order valence-electron chi connectivity index (χ0n) is 10.7. The standard InChI is InChI=1S/C12H13F3N2O3/c1-19-10(18)7-17-9-4-8(5-16-6-9)11(2-3-20-11)12(13,14)15/h4-6,17H,2-3,7H2,1H3. The smallest absolute Gasteiger partial charge is 0.421 e. The normalized spacial score (nSPS) is 22.0. The Morgan fingerprint density at radius 3 is 2.75 bits per heavy atom. The molecule has 1 atom stereocenters. The maximum absolute atomic E-state index is 13.1. The van der Waals surface area contributed by atoms with Gasteiger partial charge in [-0.05, 0) is 6.07 Å². The SMILES string of the molecule is COC(=O)CNc1cncc(C2(C(F)(F)F)CCO2)c1. The van der Waals surface area contributed by atoms with Crippen LogP contribution in [0.5, 0.6) is 0 Å². The highest BCUT2D eigenvalue weighted by atomic mass is 19.4. The summed E-state index contributed by atoms with van der Waals surface area (Å²) in [5.74, 6) is -0.527. The van der Waals surface area contributed by atoms with Crippen LogP contribution in [0, 0.1) is 0 Å². The maximum atomic E-state index is 13.1. The molecule has 1 aliphatic heterocycles. The molecule has 20 heavy (non-hydrogen) atoms. The summed E-state index contributed by atoms with van der Waals surface area (Å²) in [6, 6.07) is 1.28. The summed E-state index contributed by atoms with van der Waals surface area (Å²) < 4.78 is 48.5. The van der Waals surface area contributed by atoms with Crippen LogP contribution in [0.15, 0.2) is 18.5 Å². The quantitative estimate of drug-likeness (QED) is 0.857. The van der Waals surface area contributed by atoms with E-state index in [2.05, 4.69) is 15.0 Å². The lowest BCUT2D eigenvalue weighted by molar-refractivity contribution is -0.333. The number of hydrogen-bond acceptors (Lipinski definition) is 5. The number of carbonyl (C=O) groups is 1. The second-order valence-electron chi connectivity index (χ2n) is 4.32. The molecule has 0 radical (unpaired) electrons. The average molecular weight is 290 g/mol. The number of aromatic nitrogens is 1. The first-order chi connectivity index (χ1) is 9.39. The van der Waals surface area contributed by atoms with Crippen molar-refractivity contribution in [3.05, 3.63) is 24.0 Å². The van der Waals surface area contributed by atoms with Gasteiger partial charge in [0.15, 0.2) is 5.60 Å². The fourth-order valence-electron chi connectivity index (χ4n) is 1.92. The van der Waals surface area contributed by atoms with Crippen LogP contribution in [0.3, 0.4) is 0 Å². The number of halogens is 3. The Balaban J connectivity index is 2.19. The summed E-state index contributed by atoms with van der Waals surface area (Å²) in [5, 5.41) is 2.65. The topological polar surface area (TPSA) is 60.5 Å². The first kappa shape index (κ1) is 14.6. The third-order valence-electron chi connectivity index (χ3n) is 3.13. The minimum absolute atomic E-state index is 0.0549. The molecular weight excluding hydrogens is 277 g/mol. The summed E-state index contributed by atoms with van der Waals surface area (Å²) in [7, 11) is 1.22. The molecule has 0 saturated carbocycles. The lowest BCUT2D eigenvalue weighted by Gasteiger charge is -2.43. The maximum Gasteiger partial charge on any atom is 0.421 e. The van der Waals surface area contributed by atoms with Crippen LogP contribution in [0.25, 0.3) is 0 Å². The number of ether oxygens (including phenoxy) is 2. The molecule has 1 N–H and O–H groups in total. The van der Waals surface area contributed by atoms with Crippen LogP contribution in [-0.2, 0) is 19.9 Å². The monoisotopic (exact) mass is 290 g/mol. The van der Waals surface area contributed by atoms with Gasteiger partial charge in [0.1, 0.15) is 6.54 Å². The van der Waals surface area contributed by atoms with Gasteiger partial charge in [0.2, 0.25) is 0 Å². The molecule has 0 bridgehead atoms. The van der Waals surface area contributed by atoms with Gasteiger partial charge in [-0.3, -0.25) is 9.78 Å². The molecule has 5 nitrogen and oxygen atoms in total. The van der Waals surface area contributed by atoms with E-state index < -0.39 is 17.7 Å². The molecule has 1 fully saturated rings. The lowest BCUT2D eigenvalue weighted by Crippen LogP contribution is -2.52. The zero-order chi connectivity index (χ0) is 14.8. The van der Waals surface area contributed by atoms with E-state index in [1.807, 2.05) is 0 Å². The van der Waals surface area contributed by atoms with Crippen molar-refractivity contribution in [1.82, 2.24) is 4.98 Å². The van der Waals surface area contributed by atoms with Gasteiger partial charge < -0.3 is 14.8 Å². The molecular formula is C12H13F3N2O3. The highest BCUT2D eigenvalue weighted by Gasteiger charge is 2.61. The molecule has 0 spiro atoms. The van der Waals surface area contributed by atoms with E-state index in [4.69, 9.17) is 4.74 Å². The predicted molar refractivity (Wildman–Crippen MR) is 63.0 cm³/mol. The third kappa shape index (κ3) is 2.55. The van der Waals surface area contributed by atoms with Gasteiger partial charge in [-0.1, -0.05) is 0 Å². The minimum Gasteiger partial charge on any atom is -0.468 e. The molecule has 1 aliphatic rings. The van der Waals surface area contributed by atoms with Crippen molar-refractivity contribution in [3.63, 3.8) is 0 Å². The summed E-state index contributed by atoms with van der Waals surface area (Å²) in [6.07, 6.45) is -2.20. The average Bonchev–Trinajstić information content (AvgIpc) is 2.33. The number of nitrogens with zero attached hydrogens (tertiary/aromatic N) is 1. The molecule has 1 aromatic rings. The Morgan fingerprint density at radius 1 is 1.55 bits per heavy atom. The minimum atomic E-state index is -4.51. The Kier molecular flexibility index (Phi) is 3.85. The van der Waals surface area contributed by atoms with E-state index in [1.54, 1.807) is 0 Å². The van der Waals surface area contributed by atoms with E-state index in [1.165, 1.54) is 19.4 Å². The third-order valence-corrected chi connectivity index (χ3v) is 3.13. The molecule has 1 aromatic heterocycles. The summed E-state index contributed by atoms with van der Waals surface area (Å²) in [6.45, 7) is -0.0964. The number of rotatable bonds is 4. The van der Waals surface area contributed by atoms with Gasteiger partial charge in [0.25, 0.3) is 0 Å². The van der Waals surface area contributed by atoms with E-state index >= 15 is 0 Å². The van der Waals surface area contributed by atoms with Crippen LogP contribution in [0.1, 0.15) is 12.0 Å². The molecule has 0 amide bonds.